The van der Waals surface area contributed by atoms with Crippen LogP contribution in [0.1, 0.15) is 31.1 Å². The van der Waals surface area contributed by atoms with Crippen LogP contribution < -0.4 is 5.32 Å². The molecule has 96 valence electrons. The number of nitrogens with zero attached hydrogens (tertiary/aromatic N) is 1. The number of hydrogen-bond donors (Lipinski definition) is 1. The summed E-state index contributed by atoms with van der Waals surface area (Å²) in [5.74, 6) is 0.757. The Morgan fingerprint density at radius 2 is 2.18 bits per heavy atom. The van der Waals surface area contributed by atoms with E-state index in [1.54, 1.807) is 0 Å². The highest BCUT2D eigenvalue weighted by Crippen LogP contribution is 2.11. The molecule has 0 aliphatic carbocycles. The fourth-order valence-corrected chi connectivity index (χ4v) is 3.18. The Hall–Kier alpha value is -0.380. The largest absolute Gasteiger partial charge is 0.312 e. The lowest BCUT2D eigenvalue weighted by Crippen LogP contribution is -2.36. The van der Waals surface area contributed by atoms with E-state index < -0.39 is 0 Å². The van der Waals surface area contributed by atoms with Crippen LogP contribution >= 0.6 is 11.3 Å². The van der Waals surface area contributed by atoms with E-state index in [4.69, 9.17) is 0 Å². The number of piperidine rings is 1. The molecule has 1 aromatic heterocycles. The highest BCUT2D eigenvalue weighted by Gasteiger charge is 2.12. The lowest BCUT2D eigenvalue weighted by atomic mass is 10.1. The van der Waals surface area contributed by atoms with Gasteiger partial charge in [0, 0.05) is 18.0 Å². The van der Waals surface area contributed by atoms with Crippen LogP contribution in [0.2, 0.25) is 0 Å². The number of likely N-dealkylation sites (tertiary alicyclic amines) is 1. The van der Waals surface area contributed by atoms with Gasteiger partial charge in [0.15, 0.2) is 0 Å². The van der Waals surface area contributed by atoms with Crippen LogP contribution in [0.25, 0.3) is 0 Å². The van der Waals surface area contributed by atoms with E-state index >= 15 is 0 Å². The van der Waals surface area contributed by atoms with Gasteiger partial charge in [-0.15, -0.1) is 11.3 Å². The molecule has 0 spiro atoms. The minimum absolute atomic E-state index is 0.757. The van der Waals surface area contributed by atoms with Crippen molar-refractivity contribution in [2.45, 2.75) is 32.7 Å². The topological polar surface area (TPSA) is 15.3 Å². The smallest absolute Gasteiger partial charge is 0.0299 e. The van der Waals surface area contributed by atoms with Crippen LogP contribution in [0.15, 0.2) is 17.5 Å². The van der Waals surface area contributed by atoms with Crippen LogP contribution in [0.5, 0.6) is 0 Å². The molecule has 3 heteroatoms. The van der Waals surface area contributed by atoms with Gasteiger partial charge in [-0.1, -0.05) is 19.4 Å². The molecule has 0 bridgehead atoms. The Morgan fingerprint density at radius 3 is 2.88 bits per heavy atom. The van der Waals surface area contributed by atoms with Crippen molar-refractivity contribution >= 4 is 11.3 Å². The summed E-state index contributed by atoms with van der Waals surface area (Å²) in [6.07, 6.45) is 4.23. The average Bonchev–Trinajstić information content (AvgIpc) is 2.83. The molecule has 1 saturated heterocycles. The van der Waals surface area contributed by atoms with Crippen molar-refractivity contribution in [3.8, 4) is 0 Å². The van der Waals surface area contributed by atoms with Crippen molar-refractivity contribution in [3.05, 3.63) is 22.4 Å². The summed E-state index contributed by atoms with van der Waals surface area (Å²) in [7, 11) is 0. The second kappa shape index (κ2) is 7.14. The van der Waals surface area contributed by atoms with E-state index in [0.717, 1.165) is 19.0 Å². The summed E-state index contributed by atoms with van der Waals surface area (Å²) >= 11 is 1.84. The van der Waals surface area contributed by atoms with E-state index in [9.17, 15) is 0 Å². The first-order valence-electron chi connectivity index (χ1n) is 6.80. The summed E-state index contributed by atoms with van der Waals surface area (Å²) in [6, 6.07) is 4.33. The molecule has 0 saturated carbocycles. The van der Waals surface area contributed by atoms with Crippen molar-refractivity contribution < 1.29 is 0 Å². The summed E-state index contributed by atoms with van der Waals surface area (Å²) < 4.78 is 0. The second-order valence-electron chi connectivity index (χ2n) is 5.18. The first kappa shape index (κ1) is 13.1. The Bertz CT molecular complexity index is 291. The van der Waals surface area contributed by atoms with Gasteiger partial charge in [-0.05, 0) is 49.8 Å². The second-order valence-corrected chi connectivity index (χ2v) is 6.21. The lowest BCUT2D eigenvalue weighted by Gasteiger charge is -2.29. The molecule has 1 aliphatic rings. The molecule has 0 amide bonds. The molecular weight excluding hydrogens is 228 g/mol. The van der Waals surface area contributed by atoms with Gasteiger partial charge < -0.3 is 10.2 Å². The van der Waals surface area contributed by atoms with Crippen LogP contribution in [0.3, 0.4) is 0 Å². The maximum atomic E-state index is 3.56. The number of rotatable bonds is 6. The van der Waals surface area contributed by atoms with Crippen molar-refractivity contribution in [2.24, 2.45) is 5.92 Å². The van der Waals surface area contributed by atoms with E-state index in [1.165, 1.54) is 43.8 Å². The normalized spacial score (nSPS) is 19.4. The molecule has 2 heterocycles. The monoisotopic (exact) mass is 252 g/mol. The number of thiophene rings is 1. The molecule has 0 unspecified atom stereocenters. The minimum atomic E-state index is 0.757. The van der Waals surface area contributed by atoms with Gasteiger partial charge in [-0.25, -0.2) is 0 Å². The molecule has 1 N–H and O–H groups in total. The summed E-state index contributed by atoms with van der Waals surface area (Å²) in [4.78, 5) is 4.07. The Morgan fingerprint density at radius 1 is 1.35 bits per heavy atom. The number of hydrogen-bond acceptors (Lipinski definition) is 3. The van der Waals surface area contributed by atoms with Crippen LogP contribution in [-0.2, 0) is 6.54 Å². The SMILES string of the molecule is C[C@@H](CNCc1cccs1)CN1CCCCC1. The maximum Gasteiger partial charge on any atom is 0.0299 e. The number of nitrogens with one attached hydrogen (secondary N) is 1. The Labute approximate surface area is 109 Å². The third-order valence-electron chi connectivity index (χ3n) is 3.39. The predicted octanol–water partition coefficient (Wildman–Crippen LogP) is 2.96. The molecule has 0 radical (unpaired) electrons. The molecule has 17 heavy (non-hydrogen) atoms. The first-order chi connectivity index (χ1) is 8.34. The van der Waals surface area contributed by atoms with Gasteiger partial charge in [0.05, 0.1) is 0 Å². The third kappa shape index (κ3) is 4.78. The van der Waals surface area contributed by atoms with Gasteiger partial charge in [0.25, 0.3) is 0 Å². The van der Waals surface area contributed by atoms with Crippen molar-refractivity contribution in [2.75, 3.05) is 26.2 Å². The van der Waals surface area contributed by atoms with Gasteiger partial charge in [-0.2, -0.15) is 0 Å². The van der Waals surface area contributed by atoms with Crippen molar-refractivity contribution in [1.82, 2.24) is 10.2 Å². The highest BCUT2D eigenvalue weighted by atomic mass is 32.1. The van der Waals surface area contributed by atoms with E-state index in [0.29, 0.717) is 0 Å². The highest BCUT2D eigenvalue weighted by molar-refractivity contribution is 7.09. The predicted molar refractivity (Wildman–Crippen MR) is 75.5 cm³/mol. The van der Waals surface area contributed by atoms with Gasteiger partial charge in [-0.3, -0.25) is 0 Å². The minimum Gasteiger partial charge on any atom is -0.312 e. The molecule has 1 fully saturated rings. The zero-order valence-corrected chi connectivity index (χ0v) is 11.6. The molecule has 1 atom stereocenters. The molecular formula is C14H24N2S. The fourth-order valence-electron chi connectivity index (χ4n) is 2.50. The van der Waals surface area contributed by atoms with Gasteiger partial charge in [0.1, 0.15) is 0 Å². The molecule has 2 rings (SSSR count). The van der Waals surface area contributed by atoms with Crippen LogP contribution in [0.4, 0.5) is 0 Å². The molecule has 1 aromatic rings. The molecule has 1 aliphatic heterocycles. The van der Waals surface area contributed by atoms with Crippen LogP contribution in [0, 0.1) is 5.92 Å². The van der Waals surface area contributed by atoms with E-state index in [1.807, 2.05) is 11.3 Å². The zero-order chi connectivity index (χ0) is 11.9. The van der Waals surface area contributed by atoms with Crippen molar-refractivity contribution in [3.63, 3.8) is 0 Å². The van der Waals surface area contributed by atoms with E-state index in [-0.39, 0.29) is 0 Å². The average molecular weight is 252 g/mol. The quantitative estimate of drug-likeness (QED) is 0.837. The Balaban J connectivity index is 1.58. The summed E-state index contributed by atoms with van der Waals surface area (Å²) in [5, 5.41) is 5.71. The van der Waals surface area contributed by atoms with Gasteiger partial charge >= 0.3 is 0 Å². The third-order valence-corrected chi connectivity index (χ3v) is 4.27. The Kier molecular flexibility index (Phi) is 5.49. The summed E-state index contributed by atoms with van der Waals surface area (Å²) in [6.45, 7) is 8.41. The van der Waals surface area contributed by atoms with Crippen molar-refractivity contribution in [1.29, 1.82) is 0 Å². The van der Waals surface area contributed by atoms with Crippen LogP contribution in [-0.4, -0.2) is 31.1 Å². The first-order valence-corrected chi connectivity index (χ1v) is 7.68. The fraction of sp³-hybridized carbons (Fsp3) is 0.714. The standard InChI is InChI=1S/C14H24N2S/c1-13(12-16-7-3-2-4-8-16)10-15-11-14-6-5-9-17-14/h5-6,9,13,15H,2-4,7-8,10-12H2,1H3/t13-/m0/s1. The van der Waals surface area contributed by atoms with E-state index in [2.05, 4.69) is 34.7 Å². The molecule has 2 nitrogen and oxygen atoms in total. The van der Waals surface area contributed by atoms with Gasteiger partial charge in [0.2, 0.25) is 0 Å². The lowest BCUT2D eigenvalue weighted by molar-refractivity contribution is 0.199. The summed E-state index contributed by atoms with van der Waals surface area (Å²) in [5.41, 5.74) is 0. The maximum absolute atomic E-state index is 3.56. The zero-order valence-electron chi connectivity index (χ0n) is 10.8. The molecule has 0 aromatic carbocycles.